The van der Waals surface area contributed by atoms with Crippen molar-refractivity contribution in [3.8, 4) is 22.8 Å². The van der Waals surface area contributed by atoms with Crippen molar-refractivity contribution in [3.63, 3.8) is 0 Å². The first-order valence-corrected chi connectivity index (χ1v) is 9.84. The molecule has 0 saturated carbocycles. The van der Waals surface area contributed by atoms with E-state index >= 15 is 0 Å². The maximum absolute atomic E-state index is 5.72. The number of hydrogen-bond donors (Lipinski definition) is 0. The molecule has 4 heterocycles. The molecule has 2 aromatic heterocycles. The Hall–Kier alpha value is -2.80. The van der Waals surface area contributed by atoms with Gasteiger partial charge in [0.1, 0.15) is 5.69 Å². The number of fused-ring (bicyclic) bond motifs is 1. The van der Waals surface area contributed by atoms with Gasteiger partial charge in [-0.3, -0.25) is 9.58 Å². The highest BCUT2D eigenvalue weighted by molar-refractivity contribution is 5.63. The van der Waals surface area contributed by atoms with Crippen LogP contribution in [0.25, 0.3) is 11.3 Å². The van der Waals surface area contributed by atoms with Crippen molar-refractivity contribution >= 4 is 0 Å². The van der Waals surface area contributed by atoms with E-state index < -0.39 is 0 Å². The lowest BCUT2D eigenvalue weighted by Gasteiger charge is -2.27. The van der Waals surface area contributed by atoms with Gasteiger partial charge in [-0.2, -0.15) is 5.10 Å². The molecule has 7 nitrogen and oxygen atoms in total. The van der Waals surface area contributed by atoms with Crippen LogP contribution in [0.5, 0.6) is 11.5 Å². The molecule has 2 aliphatic heterocycles. The van der Waals surface area contributed by atoms with E-state index in [1.165, 1.54) is 24.8 Å². The standard InChI is InChI=1S/C21H24N4O3/c1-24-12-15(11-22-24)13-25-8-4-2-3-5-18(25)17-10-20(28-23-17)16-6-7-19-21(9-16)27-14-26-19/h6-7,9-12,18H,2-5,8,13-14H2,1H3. The molecule has 146 valence electrons. The highest BCUT2D eigenvalue weighted by atomic mass is 16.7. The molecule has 3 aromatic rings. The van der Waals surface area contributed by atoms with Gasteiger partial charge in [0, 0.05) is 37.0 Å². The highest BCUT2D eigenvalue weighted by Gasteiger charge is 2.26. The predicted octanol–water partition coefficient (Wildman–Crippen LogP) is 3.92. The largest absolute Gasteiger partial charge is 0.454 e. The molecule has 0 radical (unpaired) electrons. The summed E-state index contributed by atoms with van der Waals surface area (Å²) in [5.74, 6) is 2.29. The fraction of sp³-hybridized carbons (Fsp3) is 0.429. The van der Waals surface area contributed by atoms with Crippen LogP contribution in [0.3, 0.4) is 0 Å². The second kappa shape index (κ2) is 7.31. The molecule has 0 amide bonds. The van der Waals surface area contributed by atoms with Crippen molar-refractivity contribution in [1.82, 2.24) is 19.8 Å². The average Bonchev–Trinajstić information content (AvgIpc) is 3.41. The number of hydrogen-bond acceptors (Lipinski definition) is 6. The zero-order valence-corrected chi connectivity index (χ0v) is 16.0. The SMILES string of the molecule is Cn1cc(CN2CCCCCC2c2cc(-c3ccc4c(c3)OCO4)on2)cn1. The second-order valence-corrected chi connectivity index (χ2v) is 7.54. The van der Waals surface area contributed by atoms with Gasteiger partial charge < -0.3 is 14.0 Å². The summed E-state index contributed by atoms with van der Waals surface area (Å²) in [6.45, 7) is 2.21. The number of likely N-dealkylation sites (tertiary alicyclic amines) is 1. The van der Waals surface area contributed by atoms with Gasteiger partial charge in [-0.05, 0) is 37.6 Å². The van der Waals surface area contributed by atoms with Gasteiger partial charge in [0.2, 0.25) is 6.79 Å². The van der Waals surface area contributed by atoms with Crippen molar-refractivity contribution in [1.29, 1.82) is 0 Å². The molecule has 0 N–H and O–H groups in total. The zero-order valence-electron chi connectivity index (χ0n) is 16.0. The molecular weight excluding hydrogens is 356 g/mol. The van der Waals surface area contributed by atoms with Crippen LogP contribution < -0.4 is 9.47 Å². The Morgan fingerprint density at radius 2 is 2.04 bits per heavy atom. The number of aromatic nitrogens is 3. The Morgan fingerprint density at radius 1 is 1.11 bits per heavy atom. The van der Waals surface area contributed by atoms with Gasteiger partial charge in [-0.25, -0.2) is 0 Å². The third-order valence-electron chi connectivity index (χ3n) is 5.53. The molecule has 1 unspecified atom stereocenters. The molecule has 28 heavy (non-hydrogen) atoms. The molecule has 0 spiro atoms. The lowest BCUT2D eigenvalue weighted by molar-refractivity contribution is 0.174. The van der Waals surface area contributed by atoms with Crippen LogP contribution in [-0.4, -0.2) is 33.2 Å². The zero-order chi connectivity index (χ0) is 18.9. The minimum atomic E-state index is 0.259. The van der Waals surface area contributed by atoms with Gasteiger partial charge in [0.15, 0.2) is 17.3 Å². The fourth-order valence-electron chi connectivity index (χ4n) is 4.11. The van der Waals surface area contributed by atoms with E-state index in [9.17, 15) is 0 Å². The summed E-state index contributed by atoms with van der Waals surface area (Å²) >= 11 is 0. The monoisotopic (exact) mass is 380 g/mol. The van der Waals surface area contributed by atoms with Crippen molar-refractivity contribution in [2.24, 2.45) is 7.05 Å². The highest BCUT2D eigenvalue weighted by Crippen LogP contribution is 2.37. The molecule has 5 rings (SSSR count). The smallest absolute Gasteiger partial charge is 0.231 e. The van der Waals surface area contributed by atoms with E-state index in [0.29, 0.717) is 0 Å². The lowest BCUT2D eigenvalue weighted by atomic mass is 10.0. The topological polar surface area (TPSA) is 65.5 Å². The Kier molecular flexibility index (Phi) is 4.52. The molecule has 0 aliphatic carbocycles. The van der Waals surface area contributed by atoms with E-state index in [-0.39, 0.29) is 12.8 Å². The van der Waals surface area contributed by atoms with Gasteiger partial charge in [-0.1, -0.05) is 18.0 Å². The molecular formula is C21H24N4O3. The van der Waals surface area contributed by atoms with Crippen molar-refractivity contribution < 1.29 is 14.0 Å². The van der Waals surface area contributed by atoms with E-state index in [0.717, 1.165) is 48.0 Å². The van der Waals surface area contributed by atoms with E-state index in [1.54, 1.807) is 0 Å². The third kappa shape index (κ3) is 3.38. The van der Waals surface area contributed by atoms with Crippen LogP contribution in [0.4, 0.5) is 0 Å². The summed E-state index contributed by atoms with van der Waals surface area (Å²) < 4.78 is 18.5. The van der Waals surface area contributed by atoms with Crippen LogP contribution in [0.2, 0.25) is 0 Å². The van der Waals surface area contributed by atoms with Crippen LogP contribution in [-0.2, 0) is 13.6 Å². The molecule has 1 saturated heterocycles. The molecule has 1 atom stereocenters. The van der Waals surface area contributed by atoms with Gasteiger partial charge in [-0.15, -0.1) is 0 Å². The maximum Gasteiger partial charge on any atom is 0.231 e. The lowest BCUT2D eigenvalue weighted by Crippen LogP contribution is -2.28. The number of benzene rings is 1. The van der Waals surface area contributed by atoms with E-state index in [2.05, 4.69) is 27.4 Å². The quantitative estimate of drug-likeness (QED) is 0.683. The number of ether oxygens (including phenoxy) is 2. The minimum Gasteiger partial charge on any atom is -0.454 e. The molecule has 7 heteroatoms. The summed E-state index contributed by atoms with van der Waals surface area (Å²) in [6.07, 6.45) is 8.80. The summed E-state index contributed by atoms with van der Waals surface area (Å²) in [5.41, 5.74) is 3.18. The first-order valence-electron chi connectivity index (χ1n) is 9.84. The number of nitrogens with zero attached hydrogens (tertiary/aromatic N) is 4. The number of aryl methyl sites for hydroxylation is 1. The van der Waals surface area contributed by atoms with E-state index in [4.69, 9.17) is 14.0 Å². The predicted molar refractivity (Wildman–Crippen MR) is 103 cm³/mol. The Morgan fingerprint density at radius 3 is 2.93 bits per heavy atom. The summed E-state index contributed by atoms with van der Waals surface area (Å²) in [5, 5.41) is 8.75. The summed E-state index contributed by atoms with van der Waals surface area (Å²) in [6, 6.07) is 8.18. The average molecular weight is 380 g/mol. The maximum atomic E-state index is 5.72. The molecule has 0 bridgehead atoms. The van der Waals surface area contributed by atoms with Crippen LogP contribution in [0, 0.1) is 0 Å². The first kappa shape index (κ1) is 17.3. The Labute approximate surface area is 163 Å². The third-order valence-corrected chi connectivity index (χ3v) is 5.53. The fourth-order valence-corrected chi connectivity index (χ4v) is 4.11. The van der Waals surface area contributed by atoms with Crippen molar-refractivity contribution in [2.75, 3.05) is 13.3 Å². The normalized spacial score (nSPS) is 19.7. The Balaban J connectivity index is 1.40. The first-order chi connectivity index (χ1) is 13.8. The minimum absolute atomic E-state index is 0.259. The van der Waals surface area contributed by atoms with Crippen molar-refractivity contribution in [2.45, 2.75) is 38.3 Å². The summed E-state index contributed by atoms with van der Waals surface area (Å²) in [4.78, 5) is 2.51. The van der Waals surface area contributed by atoms with Gasteiger partial charge >= 0.3 is 0 Å². The Bertz CT molecular complexity index is 964. The molecule has 1 aromatic carbocycles. The van der Waals surface area contributed by atoms with Crippen molar-refractivity contribution in [3.05, 3.63) is 47.9 Å². The van der Waals surface area contributed by atoms with Gasteiger partial charge in [0.25, 0.3) is 0 Å². The second-order valence-electron chi connectivity index (χ2n) is 7.54. The van der Waals surface area contributed by atoms with Crippen LogP contribution >= 0.6 is 0 Å². The van der Waals surface area contributed by atoms with Gasteiger partial charge in [0.05, 0.1) is 12.2 Å². The molecule has 2 aliphatic rings. The summed E-state index contributed by atoms with van der Waals surface area (Å²) in [7, 11) is 1.96. The number of rotatable bonds is 4. The van der Waals surface area contributed by atoms with Crippen LogP contribution in [0.1, 0.15) is 43.0 Å². The van der Waals surface area contributed by atoms with E-state index in [1.807, 2.05) is 36.1 Å². The van der Waals surface area contributed by atoms with Crippen LogP contribution in [0.15, 0.2) is 41.2 Å². The molecule has 1 fully saturated rings.